The second-order valence-corrected chi connectivity index (χ2v) is 5.87. The standard InChI is InChI=1S/C14H20BrN3O.2ClH/c1-17-7-9-18(10-8-17)6-5-14(19)16-13-4-2-3-12(15)11-13;;/h2-4,11H,5-10H2,1H3,(H,16,19);2*1H. The molecule has 1 aliphatic rings. The molecule has 0 spiro atoms. The van der Waals surface area contributed by atoms with Crippen LogP contribution in [0.3, 0.4) is 0 Å². The number of hydrogen-bond acceptors (Lipinski definition) is 3. The zero-order valence-corrected chi connectivity index (χ0v) is 15.3. The van der Waals surface area contributed by atoms with E-state index in [0.29, 0.717) is 6.42 Å². The SMILES string of the molecule is CN1CCN(CCC(=O)Nc2cccc(Br)c2)CC1.Cl.Cl. The van der Waals surface area contributed by atoms with Gasteiger partial charge in [0.05, 0.1) is 0 Å². The maximum atomic E-state index is 11.9. The zero-order valence-electron chi connectivity index (χ0n) is 12.0. The van der Waals surface area contributed by atoms with Crippen molar-refractivity contribution in [1.82, 2.24) is 9.80 Å². The molecule has 1 N–H and O–H groups in total. The number of rotatable bonds is 4. The number of hydrogen-bond donors (Lipinski definition) is 1. The molecule has 1 aromatic rings. The minimum Gasteiger partial charge on any atom is -0.326 e. The summed E-state index contributed by atoms with van der Waals surface area (Å²) in [6, 6.07) is 7.67. The minimum absolute atomic E-state index is 0. The third-order valence-corrected chi connectivity index (χ3v) is 3.85. The second-order valence-electron chi connectivity index (χ2n) is 4.95. The molecule has 0 unspecified atom stereocenters. The van der Waals surface area contributed by atoms with Gasteiger partial charge in [-0.2, -0.15) is 0 Å². The maximum absolute atomic E-state index is 11.9. The number of amides is 1. The largest absolute Gasteiger partial charge is 0.326 e. The fourth-order valence-corrected chi connectivity index (χ4v) is 2.52. The summed E-state index contributed by atoms with van der Waals surface area (Å²) in [5.41, 5.74) is 0.845. The molecule has 120 valence electrons. The molecule has 2 rings (SSSR count). The van der Waals surface area contributed by atoms with Gasteiger partial charge in [-0.25, -0.2) is 0 Å². The number of piperazine rings is 1. The zero-order chi connectivity index (χ0) is 13.7. The van der Waals surface area contributed by atoms with Gasteiger partial charge in [-0.1, -0.05) is 22.0 Å². The Labute approximate surface area is 147 Å². The predicted molar refractivity (Wildman–Crippen MR) is 95.8 cm³/mol. The topological polar surface area (TPSA) is 35.6 Å². The van der Waals surface area contributed by atoms with Crippen molar-refractivity contribution in [2.75, 3.05) is 45.1 Å². The van der Waals surface area contributed by atoms with Crippen LogP contribution in [0.1, 0.15) is 6.42 Å². The number of likely N-dealkylation sites (N-methyl/N-ethyl adjacent to an activating group) is 1. The summed E-state index contributed by atoms with van der Waals surface area (Å²) in [5, 5.41) is 2.93. The molecule has 7 heteroatoms. The molecular weight excluding hydrogens is 377 g/mol. The lowest BCUT2D eigenvalue weighted by Crippen LogP contribution is -2.45. The average Bonchev–Trinajstić information content (AvgIpc) is 2.38. The Bertz CT molecular complexity index is 440. The van der Waals surface area contributed by atoms with Gasteiger partial charge in [0.1, 0.15) is 0 Å². The van der Waals surface area contributed by atoms with Gasteiger partial charge in [-0.15, -0.1) is 24.8 Å². The van der Waals surface area contributed by atoms with E-state index in [1.54, 1.807) is 0 Å². The molecule has 0 saturated carbocycles. The molecule has 21 heavy (non-hydrogen) atoms. The smallest absolute Gasteiger partial charge is 0.225 e. The Balaban J connectivity index is 0.00000200. The summed E-state index contributed by atoms with van der Waals surface area (Å²) in [4.78, 5) is 16.5. The van der Waals surface area contributed by atoms with Crippen molar-refractivity contribution in [2.45, 2.75) is 6.42 Å². The van der Waals surface area contributed by atoms with Crippen LogP contribution in [0.25, 0.3) is 0 Å². The highest BCUT2D eigenvalue weighted by Gasteiger charge is 2.14. The van der Waals surface area contributed by atoms with Crippen LogP contribution in [-0.2, 0) is 4.79 Å². The van der Waals surface area contributed by atoms with Crippen molar-refractivity contribution in [3.8, 4) is 0 Å². The Morgan fingerprint density at radius 2 is 1.90 bits per heavy atom. The second kappa shape index (κ2) is 10.4. The molecule has 1 heterocycles. The van der Waals surface area contributed by atoms with Crippen molar-refractivity contribution >= 4 is 52.3 Å². The third-order valence-electron chi connectivity index (χ3n) is 3.36. The van der Waals surface area contributed by atoms with E-state index in [0.717, 1.165) is 42.9 Å². The predicted octanol–water partition coefficient (Wildman–Crippen LogP) is 2.87. The van der Waals surface area contributed by atoms with Crippen LogP contribution in [0.4, 0.5) is 5.69 Å². The van der Waals surface area contributed by atoms with Crippen LogP contribution in [0.2, 0.25) is 0 Å². The van der Waals surface area contributed by atoms with E-state index in [1.165, 1.54) is 0 Å². The Kier molecular flexibility index (Phi) is 10.2. The quantitative estimate of drug-likeness (QED) is 0.846. The summed E-state index contributed by atoms with van der Waals surface area (Å²) in [6.07, 6.45) is 0.552. The lowest BCUT2D eigenvalue weighted by molar-refractivity contribution is -0.116. The highest BCUT2D eigenvalue weighted by Crippen LogP contribution is 2.15. The molecule has 4 nitrogen and oxygen atoms in total. The van der Waals surface area contributed by atoms with Gasteiger partial charge in [0.2, 0.25) is 5.91 Å². The summed E-state index contributed by atoms with van der Waals surface area (Å²) in [5.74, 6) is 0.0806. The molecule has 0 radical (unpaired) electrons. The molecule has 1 saturated heterocycles. The molecule has 1 amide bonds. The first-order valence-electron chi connectivity index (χ1n) is 6.60. The number of anilines is 1. The number of nitrogens with zero attached hydrogens (tertiary/aromatic N) is 2. The first-order chi connectivity index (χ1) is 9.13. The van der Waals surface area contributed by atoms with Gasteiger partial charge in [-0.05, 0) is 25.2 Å². The molecule has 0 aliphatic carbocycles. The van der Waals surface area contributed by atoms with Crippen molar-refractivity contribution < 1.29 is 4.79 Å². The van der Waals surface area contributed by atoms with Gasteiger partial charge in [0, 0.05) is 49.3 Å². The number of halogens is 3. The minimum atomic E-state index is 0. The van der Waals surface area contributed by atoms with Crippen molar-refractivity contribution in [2.24, 2.45) is 0 Å². The highest BCUT2D eigenvalue weighted by atomic mass is 79.9. The number of carbonyl (C=O) groups excluding carboxylic acids is 1. The van der Waals surface area contributed by atoms with Gasteiger partial charge in [0.15, 0.2) is 0 Å². The monoisotopic (exact) mass is 397 g/mol. The Hall–Kier alpha value is -0.330. The van der Waals surface area contributed by atoms with Crippen LogP contribution in [-0.4, -0.2) is 55.5 Å². The fourth-order valence-electron chi connectivity index (χ4n) is 2.12. The van der Waals surface area contributed by atoms with E-state index >= 15 is 0 Å². The Morgan fingerprint density at radius 1 is 1.24 bits per heavy atom. The van der Waals surface area contributed by atoms with Crippen LogP contribution in [0.15, 0.2) is 28.7 Å². The van der Waals surface area contributed by atoms with Gasteiger partial charge < -0.3 is 15.1 Å². The molecule has 1 fully saturated rings. The number of carbonyl (C=O) groups is 1. The number of nitrogens with one attached hydrogen (secondary N) is 1. The summed E-state index contributed by atoms with van der Waals surface area (Å²) in [6.45, 7) is 5.13. The fraction of sp³-hybridized carbons (Fsp3) is 0.500. The molecule has 0 aromatic heterocycles. The molecule has 1 aromatic carbocycles. The number of benzene rings is 1. The van der Waals surface area contributed by atoms with Gasteiger partial charge >= 0.3 is 0 Å². The molecule has 1 aliphatic heterocycles. The van der Waals surface area contributed by atoms with Gasteiger partial charge in [-0.3, -0.25) is 4.79 Å². The average molecular weight is 399 g/mol. The first-order valence-corrected chi connectivity index (χ1v) is 7.39. The van der Waals surface area contributed by atoms with E-state index in [2.05, 4.69) is 38.1 Å². The van der Waals surface area contributed by atoms with E-state index in [-0.39, 0.29) is 30.7 Å². The highest BCUT2D eigenvalue weighted by molar-refractivity contribution is 9.10. The van der Waals surface area contributed by atoms with Crippen LogP contribution >= 0.6 is 40.7 Å². The summed E-state index contributed by atoms with van der Waals surface area (Å²) < 4.78 is 0.976. The molecule has 0 bridgehead atoms. The van der Waals surface area contributed by atoms with E-state index in [9.17, 15) is 4.79 Å². The molecular formula is C14H22BrCl2N3O. The van der Waals surface area contributed by atoms with Gasteiger partial charge in [0.25, 0.3) is 0 Å². The molecule has 0 atom stereocenters. The van der Waals surface area contributed by atoms with Crippen molar-refractivity contribution in [3.05, 3.63) is 28.7 Å². The van der Waals surface area contributed by atoms with E-state index in [4.69, 9.17) is 0 Å². The van der Waals surface area contributed by atoms with Crippen LogP contribution in [0.5, 0.6) is 0 Å². The van der Waals surface area contributed by atoms with E-state index < -0.39 is 0 Å². The summed E-state index contributed by atoms with van der Waals surface area (Å²) >= 11 is 3.40. The summed E-state index contributed by atoms with van der Waals surface area (Å²) in [7, 11) is 2.14. The normalized spacial score (nSPS) is 15.7. The maximum Gasteiger partial charge on any atom is 0.225 e. The van der Waals surface area contributed by atoms with Crippen molar-refractivity contribution in [1.29, 1.82) is 0 Å². The third kappa shape index (κ3) is 7.47. The van der Waals surface area contributed by atoms with Crippen LogP contribution in [0, 0.1) is 0 Å². The first kappa shape index (κ1) is 20.7. The Morgan fingerprint density at radius 3 is 2.52 bits per heavy atom. The van der Waals surface area contributed by atoms with E-state index in [1.807, 2.05) is 24.3 Å². The lowest BCUT2D eigenvalue weighted by atomic mass is 10.2. The van der Waals surface area contributed by atoms with Crippen molar-refractivity contribution in [3.63, 3.8) is 0 Å². The van der Waals surface area contributed by atoms with Crippen LogP contribution < -0.4 is 5.32 Å². The lowest BCUT2D eigenvalue weighted by Gasteiger charge is -2.32.